The molecule has 4 heteroatoms. The lowest BCUT2D eigenvalue weighted by Crippen LogP contribution is -2.39. The number of hydrogen-bond donors (Lipinski definition) is 1. The molecule has 1 aliphatic rings. The van der Waals surface area contributed by atoms with Crippen molar-refractivity contribution in [2.24, 2.45) is 0 Å². The van der Waals surface area contributed by atoms with E-state index in [-0.39, 0.29) is 12.1 Å². The van der Waals surface area contributed by atoms with E-state index in [0.717, 1.165) is 19.4 Å². The van der Waals surface area contributed by atoms with Gasteiger partial charge in [0.25, 0.3) is 0 Å². The molecule has 0 aromatic carbocycles. The normalized spacial score (nSPS) is 19.4. The highest BCUT2D eigenvalue weighted by Gasteiger charge is 2.30. The third-order valence-electron chi connectivity index (χ3n) is 2.41. The molecule has 0 saturated carbocycles. The molecule has 0 bridgehead atoms. The maximum absolute atomic E-state index is 11.9. The Kier molecular flexibility index (Phi) is 7.48. The Balaban J connectivity index is 0.00000137. The summed E-state index contributed by atoms with van der Waals surface area (Å²) in [6, 6.07) is 0.169. The summed E-state index contributed by atoms with van der Waals surface area (Å²) in [6.45, 7) is 10.5. The van der Waals surface area contributed by atoms with E-state index in [2.05, 4.69) is 5.32 Å². The molecule has 0 radical (unpaired) electrons. The molecule has 1 rings (SSSR count). The molecule has 0 aliphatic carbocycles. The van der Waals surface area contributed by atoms with Gasteiger partial charge in [0.05, 0.1) is 6.04 Å². The number of ether oxygens (including phenoxy) is 1. The van der Waals surface area contributed by atoms with E-state index in [0.29, 0.717) is 0 Å². The molecule has 1 unspecified atom stereocenters. The van der Waals surface area contributed by atoms with Crippen LogP contribution in [0, 0.1) is 0 Å². The van der Waals surface area contributed by atoms with Gasteiger partial charge in [0.15, 0.2) is 0 Å². The molecular weight excluding hydrogens is 228 g/mol. The van der Waals surface area contributed by atoms with Crippen LogP contribution in [0.2, 0.25) is 0 Å². The molecule has 0 aromatic heterocycles. The fraction of sp³-hybridized carbons (Fsp3) is 0.786. The summed E-state index contributed by atoms with van der Waals surface area (Å²) in [4.78, 5) is 13.7. The number of hydrogen-bond acceptors (Lipinski definition) is 3. The molecule has 1 amide bonds. The third kappa shape index (κ3) is 5.94. The van der Waals surface area contributed by atoms with E-state index in [9.17, 15) is 4.79 Å². The van der Waals surface area contributed by atoms with Crippen molar-refractivity contribution in [3.63, 3.8) is 0 Å². The predicted molar refractivity (Wildman–Crippen MR) is 75.5 cm³/mol. The van der Waals surface area contributed by atoms with Crippen LogP contribution in [-0.4, -0.2) is 36.2 Å². The van der Waals surface area contributed by atoms with Crippen molar-refractivity contribution >= 4 is 6.09 Å². The van der Waals surface area contributed by atoms with Gasteiger partial charge in [0, 0.05) is 13.6 Å². The Bertz CT molecular complexity index is 269. The summed E-state index contributed by atoms with van der Waals surface area (Å²) in [5, 5.41) is 2.94. The first kappa shape index (κ1) is 16.8. The van der Waals surface area contributed by atoms with E-state index >= 15 is 0 Å². The maximum Gasteiger partial charge on any atom is 0.410 e. The summed E-state index contributed by atoms with van der Waals surface area (Å²) < 4.78 is 5.36. The van der Waals surface area contributed by atoms with E-state index in [1.165, 1.54) is 0 Å². The minimum atomic E-state index is -0.420. The SMILES string of the molecule is CC.CN/C=C/C1CCCN1C(=O)OC(C)(C)C. The van der Waals surface area contributed by atoms with Crippen molar-refractivity contribution in [3.05, 3.63) is 12.3 Å². The van der Waals surface area contributed by atoms with Gasteiger partial charge in [-0.2, -0.15) is 0 Å². The Morgan fingerprint density at radius 2 is 2.00 bits per heavy atom. The van der Waals surface area contributed by atoms with Crippen LogP contribution < -0.4 is 5.32 Å². The van der Waals surface area contributed by atoms with Gasteiger partial charge in [-0.3, -0.25) is 0 Å². The van der Waals surface area contributed by atoms with Crippen molar-refractivity contribution in [2.75, 3.05) is 13.6 Å². The van der Waals surface area contributed by atoms with Gasteiger partial charge in [-0.1, -0.05) is 13.8 Å². The molecule has 18 heavy (non-hydrogen) atoms. The molecule has 1 saturated heterocycles. The summed E-state index contributed by atoms with van der Waals surface area (Å²) in [5.74, 6) is 0. The third-order valence-corrected chi connectivity index (χ3v) is 2.41. The lowest BCUT2D eigenvalue weighted by molar-refractivity contribution is 0.0255. The zero-order valence-electron chi connectivity index (χ0n) is 12.6. The van der Waals surface area contributed by atoms with Crippen molar-refractivity contribution in [3.8, 4) is 0 Å². The summed E-state index contributed by atoms with van der Waals surface area (Å²) in [7, 11) is 1.85. The number of nitrogens with one attached hydrogen (secondary N) is 1. The summed E-state index contributed by atoms with van der Waals surface area (Å²) in [5.41, 5.74) is -0.420. The minimum absolute atomic E-state index is 0.169. The lowest BCUT2D eigenvalue weighted by Gasteiger charge is -2.27. The standard InChI is InChI=1S/C12H22N2O2.C2H6/c1-12(2,3)16-11(15)14-9-5-6-10(14)7-8-13-4;1-2/h7-8,10,13H,5-6,9H2,1-4H3;1-2H3/b8-7+;. The van der Waals surface area contributed by atoms with Crippen LogP contribution in [0.1, 0.15) is 47.5 Å². The van der Waals surface area contributed by atoms with Crippen LogP contribution in [0.25, 0.3) is 0 Å². The molecule has 4 nitrogen and oxygen atoms in total. The van der Waals surface area contributed by atoms with Gasteiger partial charge >= 0.3 is 6.09 Å². The van der Waals surface area contributed by atoms with Gasteiger partial charge in [-0.05, 0) is 45.9 Å². The van der Waals surface area contributed by atoms with Crippen LogP contribution in [0.15, 0.2) is 12.3 Å². The highest BCUT2D eigenvalue weighted by Crippen LogP contribution is 2.21. The number of likely N-dealkylation sites (tertiary alicyclic amines) is 1. The Morgan fingerprint density at radius 3 is 2.50 bits per heavy atom. The van der Waals surface area contributed by atoms with Gasteiger partial charge in [-0.15, -0.1) is 0 Å². The first-order valence-electron chi connectivity index (χ1n) is 6.77. The second-order valence-corrected chi connectivity index (χ2v) is 5.03. The largest absolute Gasteiger partial charge is 0.444 e. The first-order chi connectivity index (χ1) is 8.44. The average Bonchev–Trinajstić information content (AvgIpc) is 2.75. The molecule has 1 heterocycles. The van der Waals surface area contributed by atoms with Crippen molar-refractivity contribution in [2.45, 2.75) is 59.1 Å². The molecule has 106 valence electrons. The van der Waals surface area contributed by atoms with E-state index in [1.54, 1.807) is 4.90 Å². The Labute approximate surface area is 111 Å². The number of rotatable bonds is 2. The van der Waals surface area contributed by atoms with Crippen LogP contribution in [0.3, 0.4) is 0 Å². The molecule has 1 fully saturated rings. The van der Waals surface area contributed by atoms with Crippen LogP contribution in [0.4, 0.5) is 4.79 Å². The number of amides is 1. The minimum Gasteiger partial charge on any atom is -0.444 e. The fourth-order valence-electron chi connectivity index (χ4n) is 1.75. The zero-order valence-corrected chi connectivity index (χ0v) is 12.6. The lowest BCUT2D eigenvalue weighted by atomic mass is 10.2. The van der Waals surface area contributed by atoms with Crippen LogP contribution in [0.5, 0.6) is 0 Å². The summed E-state index contributed by atoms with van der Waals surface area (Å²) >= 11 is 0. The van der Waals surface area contributed by atoms with Crippen LogP contribution >= 0.6 is 0 Å². The average molecular weight is 256 g/mol. The quantitative estimate of drug-likeness (QED) is 0.825. The van der Waals surface area contributed by atoms with Crippen LogP contribution in [-0.2, 0) is 4.74 Å². The fourth-order valence-corrected chi connectivity index (χ4v) is 1.75. The zero-order chi connectivity index (χ0) is 14.2. The van der Waals surface area contributed by atoms with Gasteiger partial charge in [0.2, 0.25) is 0 Å². The molecule has 0 spiro atoms. The summed E-state index contributed by atoms with van der Waals surface area (Å²) in [6.07, 6.45) is 5.72. The molecule has 0 aromatic rings. The van der Waals surface area contributed by atoms with E-state index < -0.39 is 5.60 Å². The first-order valence-corrected chi connectivity index (χ1v) is 6.77. The van der Waals surface area contributed by atoms with E-state index in [1.807, 2.05) is 53.9 Å². The highest BCUT2D eigenvalue weighted by atomic mass is 16.6. The van der Waals surface area contributed by atoms with E-state index in [4.69, 9.17) is 4.74 Å². The highest BCUT2D eigenvalue weighted by molar-refractivity contribution is 5.69. The Morgan fingerprint density at radius 1 is 1.39 bits per heavy atom. The number of nitrogens with zero attached hydrogens (tertiary/aromatic N) is 1. The van der Waals surface area contributed by atoms with Gasteiger partial charge in [-0.25, -0.2) is 4.79 Å². The topological polar surface area (TPSA) is 41.6 Å². The second-order valence-electron chi connectivity index (χ2n) is 5.03. The number of carbonyl (C=O) groups excluding carboxylic acids is 1. The van der Waals surface area contributed by atoms with Crippen molar-refractivity contribution in [1.29, 1.82) is 0 Å². The second kappa shape index (κ2) is 8.01. The van der Waals surface area contributed by atoms with Gasteiger partial charge < -0.3 is 15.0 Å². The maximum atomic E-state index is 11.9. The monoisotopic (exact) mass is 256 g/mol. The molecule has 1 aliphatic heterocycles. The molecule has 1 atom stereocenters. The molecule has 1 N–H and O–H groups in total. The van der Waals surface area contributed by atoms with Gasteiger partial charge in [0.1, 0.15) is 5.60 Å². The predicted octanol–water partition coefficient (Wildman–Crippen LogP) is 3.15. The Hall–Kier alpha value is -1.19. The smallest absolute Gasteiger partial charge is 0.410 e. The number of carbonyl (C=O) groups is 1. The van der Waals surface area contributed by atoms with Crippen molar-refractivity contribution in [1.82, 2.24) is 10.2 Å². The molecular formula is C14H28N2O2. The van der Waals surface area contributed by atoms with Crippen molar-refractivity contribution < 1.29 is 9.53 Å².